The van der Waals surface area contributed by atoms with Crippen molar-refractivity contribution in [3.63, 3.8) is 0 Å². The van der Waals surface area contributed by atoms with Gasteiger partial charge in [0.25, 0.3) is 5.56 Å². The number of aryl methyl sites for hydroxylation is 2. The second-order valence-electron chi connectivity index (χ2n) is 5.86. The molecule has 0 fully saturated rings. The highest BCUT2D eigenvalue weighted by atomic mass is 35.5. The monoisotopic (exact) mass is 374 g/mol. The third-order valence-corrected chi connectivity index (χ3v) is 4.41. The van der Waals surface area contributed by atoms with E-state index in [9.17, 15) is 9.59 Å². The number of nitrogens with zero attached hydrogens (tertiary/aromatic N) is 5. The lowest BCUT2D eigenvalue weighted by Crippen LogP contribution is -2.37. The largest absolute Gasteiger partial charge is 0.332 e. The maximum Gasteiger partial charge on any atom is 0.332 e. The molecule has 3 aromatic rings. The zero-order valence-corrected chi connectivity index (χ0v) is 15.5. The number of halogens is 1. The van der Waals surface area contributed by atoms with Crippen molar-refractivity contribution in [2.45, 2.75) is 19.9 Å². The van der Waals surface area contributed by atoms with Crippen LogP contribution < -0.4 is 16.7 Å². The molecule has 0 spiro atoms. The van der Waals surface area contributed by atoms with E-state index in [0.29, 0.717) is 28.7 Å². The average molecular weight is 375 g/mol. The second-order valence-corrected chi connectivity index (χ2v) is 6.26. The summed E-state index contributed by atoms with van der Waals surface area (Å²) >= 11 is 6.11. The molecule has 0 aliphatic heterocycles. The number of rotatable bonds is 5. The number of fused-ring (bicyclic) bond motifs is 1. The minimum atomic E-state index is -0.422. The van der Waals surface area contributed by atoms with E-state index in [4.69, 9.17) is 11.6 Å². The molecule has 0 radical (unpaired) electrons. The number of aromatic nitrogens is 4. The van der Waals surface area contributed by atoms with Crippen molar-refractivity contribution >= 4 is 34.9 Å². The van der Waals surface area contributed by atoms with Crippen LogP contribution in [0.1, 0.15) is 18.9 Å². The summed E-state index contributed by atoms with van der Waals surface area (Å²) in [7, 11) is 3.04. The molecule has 0 bridgehead atoms. The molecule has 0 unspecified atom stereocenters. The van der Waals surface area contributed by atoms with Gasteiger partial charge >= 0.3 is 5.69 Å². The molecule has 8 nitrogen and oxygen atoms in total. The van der Waals surface area contributed by atoms with Crippen LogP contribution in [0.5, 0.6) is 0 Å². The molecule has 0 atom stereocenters. The van der Waals surface area contributed by atoms with Gasteiger partial charge in [-0.15, -0.1) is 0 Å². The predicted molar refractivity (Wildman–Crippen MR) is 103 cm³/mol. The van der Waals surface area contributed by atoms with Gasteiger partial charge in [0, 0.05) is 31.2 Å². The summed E-state index contributed by atoms with van der Waals surface area (Å²) in [6, 6.07) is 7.31. The SMILES string of the molecule is CCCn1c(NN=Cc2ccccc2Cl)nc2c1c(=O)n(C)c(=O)n2C. The molecule has 26 heavy (non-hydrogen) atoms. The highest BCUT2D eigenvalue weighted by molar-refractivity contribution is 6.33. The van der Waals surface area contributed by atoms with E-state index in [1.807, 2.05) is 25.1 Å². The first-order valence-corrected chi connectivity index (χ1v) is 8.53. The van der Waals surface area contributed by atoms with Gasteiger partial charge in [-0.1, -0.05) is 36.7 Å². The summed E-state index contributed by atoms with van der Waals surface area (Å²) in [5.41, 5.74) is 3.49. The highest BCUT2D eigenvalue weighted by Gasteiger charge is 2.18. The van der Waals surface area contributed by atoms with E-state index in [0.717, 1.165) is 16.6 Å². The normalized spacial score (nSPS) is 11.5. The third kappa shape index (κ3) is 3.03. The summed E-state index contributed by atoms with van der Waals surface area (Å²) in [5.74, 6) is 0.392. The van der Waals surface area contributed by atoms with E-state index >= 15 is 0 Å². The Morgan fingerprint density at radius 1 is 1.23 bits per heavy atom. The first kappa shape index (κ1) is 17.9. The Balaban J connectivity index is 2.08. The van der Waals surface area contributed by atoms with Crippen molar-refractivity contribution in [1.29, 1.82) is 0 Å². The zero-order valence-electron chi connectivity index (χ0n) is 14.7. The van der Waals surface area contributed by atoms with Crippen molar-refractivity contribution in [2.24, 2.45) is 19.2 Å². The molecule has 1 aromatic carbocycles. The Bertz CT molecular complexity index is 1110. The molecule has 136 valence electrons. The van der Waals surface area contributed by atoms with Crippen LogP contribution in [0, 0.1) is 0 Å². The van der Waals surface area contributed by atoms with Gasteiger partial charge in [0.2, 0.25) is 5.95 Å². The number of benzene rings is 1. The number of nitrogens with one attached hydrogen (secondary N) is 1. The highest BCUT2D eigenvalue weighted by Crippen LogP contribution is 2.17. The lowest BCUT2D eigenvalue weighted by atomic mass is 10.2. The number of imidazole rings is 1. The molecular formula is C17H19ClN6O2. The van der Waals surface area contributed by atoms with Gasteiger partial charge in [-0.2, -0.15) is 10.1 Å². The van der Waals surface area contributed by atoms with E-state index in [-0.39, 0.29) is 5.56 Å². The van der Waals surface area contributed by atoms with Crippen molar-refractivity contribution in [1.82, 2.24) is 18.7 Å². The fourth-order valence-corrected chi connectivity index (χ4v) is 2.90. The molecule has 0 aliphatic rings. The van der Waals surface area contributed by atoms with Crippen LogP contribution in [0.25, 0.3) is 11.2 Å². The molecule has 2 aromatic heterocycles. The van der Waals surface area contributed by atoms with Crippen LogP contribution in [0.15, 0.2) is 39.0 Å². The first-order chi connectivity index (χ1) is 12.5. The van der Waals surface area contributed by atoms with E-state index in [1.54, 1.807) is 23.9 Å². The fraction of sp³-hybridized carbons (Fsp3) is 0.294. The van der Waals surface area contributed by atoms with Gasteiger partial charge in [0.1, 0.15) is 0 Å². The maximum absolute atomic E-state index is 12.6. The lowest BCUT2D eigenvalue weighted by molar-refractivity contribution is 0.679. The van der Waals surface area contributed by atoms with Gasteiger partial charge in [-0.3, -0.25) is 13.9 Å². The zero-order chi connectivity index (χ0) is 18.8. The Labute approximate surface area is 154 Å². The number of hydrazone groups is 1. The first-order valence-electron chi connectivity index (χ1n) is 8.15. The molecular weight excluding hydrogens is 356 g/mol. The Kier molecular flexibility index (Phi) is 4.94. The minimum Gasteiger partial charge on any atom is -0.303 e. The van der Waals surface area contributed by atoms with Crippen LogP contribution in [-0.2, 0) is 20.6 Å². The van der Waals surface area contributed by atoms with Crippen molar-refractivity contribution < 1.29 is 0 Å². The van der Waals surface area contributed by atoms with Crippen LogP contribution in [0.3, 0.4) is 0 Å². The van der Waals surface area contributed by atoms with Crippen LogP contribution in [-0.4, -0.2) is 24.9 Å². The van der Waals surface area contributed by atoms with Crippen molar-refractivity contribution in [3.05, 3.63) is 55.7 Å². The maximum atomic E-state index is 12.6. The predicted octanol–water partition coefficient (Wildman–Crippen LogP) is 1.94. The Morgan fingerprint density at radius 3 is 2.65 bits per heavy atom. The average Bonchev–Trinajstić information content (AvgIpc) is 2.99. The van der Waals surface area contributed by atoms with E-state index < -0.39 is 5.69 Å². The van der Waals surface area contributed by atoms with Gasteiger partial charge in [0.05, 0.1) is 6.21 Å². The Hall–Kier alpha value is -2.87. The molecule has 3 rings (SSSR count). The summed E-state index contributed by atoms with van der Waals surface area (Å²) in [6.45, 7) is 2.56. The molecule has 0 saturated carbocycles. The van der Waals surface area contributed by atoms with Gasteiger partial charge in [-0.25, -0.2) is 10.2 Å². The Morgan fingerprint density at radius 2 is 1.96 bits per heavy atom. The van der Waals surface area contributed by atoms with Gasteiger partial charge < -0.3 is 4.57 Å². The quantitative estimate of drug-likeness (QED) is 0.546. The van der Waals surface area contributed by atoms with E-state index in [2.05, 4.69) is 15.5 Å². The lowest BCUT2D eigenvalue weighted by Gasteiger charge is -2.07. The number of hydrogen-bond acceptors (Lipinski definition) is 5. The molecule has 9 heteroatoms. The summed E-state index contributed by atoms with van der Waals surface area (Å²) < 4.78 is 4.17. The molecule has 2 heterocycles. The summed E-state index contributed by atoms with van der Waals surface area (Å²) in [5, 5.41) is 4.76. The van der Waals surface area contributed by atoms with Crippen molar-refractivity contribution in [3.8, 4) is 0 Å². The summed E-state index contributed by atoms with van der Waals surface area (Å²) in [6.07, 6.45) is 2.37. The minimum absolute atomic E-state index is 0.321. The topological polar surface area (TPSA) is 86.2 Å². The van der Waals surface area contributed by atoms with Crippen LogP contribution >= 0.6 is 11.6 Å². The van der Waals surface area contributed by atoms with E-state index in [1.165, 1.54) is 11.6 Å². The molecule has 1 N–H and O–H groups in total. The smallest absolute Gasteiger partial charge is 0.303 e. The standard InChI is InChI=1S/C17H19ClN6O2/c1-4-9-24-13-14(22(2)17(26)23(3)15(13)25)20-16(24)21-19-10-11-7-5-6-8-12(11)18/h5-8,10H,4,9H2,1-3H3,(H,20,21). The van der Waals surface area contributed by atoms with Gasteiger partial charge in [0.15, 0.2) is 11.2 Å². The fourth-order valence-electron chi connectivity index (χ4n) is 2.71. The second kappa shape index (κ2) is 7.17. The molecule has 0 saturated heterocycles. The molecule has 0 amide bonds. The van der Waals surface area contributed by atoms with Crippen LogP contribution in [0.4, 0.5) is 5.95 Å². The number of anilines is 1. The van der Waals surface area contributed by atoms with Crippen LogP contribution in [0.2, 0.25) is 5.02 Å². The molecule has 0 aliphatic carbocycles. The number of hydrogen-bond donors (Lipinski definition) is 1. The van der Waals surface area contributed by atoms with Crippen molar-refractivity contribution in [2.75, 3.05) is 5.43 Å². The third-order valence-electron chi connectivity index (χ3n) is 4.07. The summed E-state index contributed by atoms with van der Waals surface area (Å²) in [4.78, 5) is 29.1. The van der Waals surface area contributed by atoms with Gasteiger partial charge in [-0.05, 0) is 12.5 Å².